The van der Waals surface area contributed by atoms with Gasteiger partial charge in [0.05, 0.1) is 0 Å². The summed E-state index contributed by atoms with van der Waals surface area (Å²) < 4.78 is 5.79. The largest absolute Gasteiger partial charge is 0.478 e. The highest BCUT2D eigenvalue weighted by Crippen LogP contribution is 2.31. The molecule has 0 amide bonds. The Hall–Kier alpha value is -2.29. The molecule has 0 aliphatic heterocycles. The Balaban J connectivity index is 2.33. The van der Waals surface area contributed by atoms with Crippen molar-refractivity contribution in [3.05, 3.63) is 59.2 Å². The molecule has 0 radical (unpaired) electrons. The molecule has 110 valence electrons. The molecule has 0 atom stereocenters. The van der Waals surface area contributed by atoms with Gasteiger partial charge >= 0.3 is 5.97 Å². The fourth-order valence-corrected chi connectivity index (χ4v) is 2.10. The van der Waals surface area contributed by atoms with Gasteiger partial charge in [-0.25, -0.2) is 4.79 Å². The fourth-order valence-electron chi connectivity index (χ4n) is 2.10. The standard InChI is InChI=1S/C18H20O3/c1-12-6-5-7-15(17(19)20)16(12)21-14-10-8-13(9-11-14)18(2,3)4/h5-11H,1-4H3,(H,19,20). The number of hydrogen-bond donors (Lipinski definition) is 1. The van der Waals surface area contributed by atoms with Crippen LogP contribution in [0.5, 0.6) is 11.5 Å². The Bertz CT molecular complexity index is 649. The zero-order chi connectivity index (χ0) is 15.6. The molecule has 0 saturated carbocycles. The van der Waals surface area contributed by atoms with Crippen LogP contribution < -0.4 is 4.74 Å². The lowest BCUT2D eigenvalue weighted by molar-refractivity contribution is 0.0694. The Morgan fingerprint density at radius 1 is 1.05 bits per heavy atom. The Labute approximate surface area is 125 Å². The Morgan fingerprint density at radius 2 is 1.67 bits per heavy atom. The second-order valence-corrected chi connectivity index (χ2v) is 6.13. The van der Waals surface area contributed by atoms with Crippen molar-refractivity contribution in [1.82, 2.24) is 0 Å². The number of benzene rings is 2. The van der Waals surface area contributed by atoms with Crippen molar-refractivity contribution in [3.63, 3.8) is 0 Å². The van der Waals surface area contributed by atoms with Crippen molar-refractivity contribution in [2.24, 2.45) is 0 Å². The van der Waals surface area contributed by atoms with Crippen molar-refractivity contribution < 1.29 is 14.6 Å². The van der Waals surface area contributed by atoms with Gasteiger partial charge in [0, 0.05) is 0 Å². The van der Waals surface area contributed by atoms with Gasteiger partial charge in [-0.1, -0.05) is 45.0 Å². The van der Waals surface area contributed by atoms with Crippen LogP contribution in [-0.2, 0) is 5.41 Å². The van der Waals surface area contributed by atoms with E-state index in [-0.39, 0.29) is 11.0 Å². The molecule has 3 heteroatoms. The molecule has 0 fully saturated rings. The average molecular weight is 284 g/mol. The fraction of sp³-hybridized carbons (Fsp3) is 0.278. The highest BCUT2D eigenvalue weighted by molar-refractivity contribution is 5.91. The van der Waals surface area contributed by atoms with E-state index in [1.807, 2.05) is 37.3 Å². The molecule has 0 unspecified atom stereocenters. The number of para-hydroxylation sites is 1. The first kappa shape index (κ1) is 15.1. The van der Waals surface area contributed by atoms with Gasteiger partial charge in [0.2, 0.25) is 0 Å². The van der Waals surface area contributed by atoms with Gasteiger partial charge in [-0.15, -0.1) is 0 Å². The number of rotatable bonds is 3. The number of carbonyl (C=O) groups is 1. The normalized spacial score (nSPS) is 11.2. The predicted octanol–water partition coefficient (Wildman–Crippen LogP) is 4.78. The minimum absolute atomic E-state index is 0.0768. The lowest BCUT2D eigenvalue weighted by atomic mass is 9.87. The van der Waals surface area contributed by atoms with Crippen LogP contribution in [0.4, 0.5) is 0 Å². The van der Waals surface area contributed by atoms with Gasteiger partial charge in [-0.3, -0.25) is 0 Å². The van der Waals surface area contributed by atoms with Gasteiger partial charge in [0.15, 0.2) is 0 Å². The Morgan fingerprint density at radius 3 is 2.19 bits per heavy atom. The topological polar surface area (TPSA) is 46.5 Å². The summed E-state index contributed by atoms with van der Waals surface area (Å²) in [5.74, 6) is 0.0494. The highest BCUT2D eigenvalue weighted by Gasteiger charge is 2.16. The van der Waals surface area contributed by atoms with Crippen LogP contribution in [-0.4, -0.2) is 11.1 Å². The summed E-state index contributed by atoms with van der Waals surface area (Å²) in [6, 6.07) is 12.9. The molecule has 2 aromatic carbocycles. The van der Waals surface area contributed by atoms with Gasteiger partial charge in [-0.2, -0.15) is 0 Å². The lowest BCUT2D eigenvalue weighted by Crippen LogP contribution is -2.10. The summed E-state index contributed by atoms with van der Waals surface area (Å²) >= 11 is 0. The van der Waals surface area contributed by atoms with E-state index in [2.05, 4.69) is 20.8 Å². The van der Waals surface area contributed by atoms with E-state index in [1.54, 1.807) is 12.1 Å². The SMILES string of the molecule is Cc1cccc(C(=O)O)c1Oc1ccc(C(C)(C)C)cc1. The van der Waals surface area contributed by atoms with E-state index >= 15 is 0 Å². The highest BCUT2D eigenvalue weighted by atomic mass is 16.5. The molecule has 0 aromatic heterocycles. The Kier molecular flexibility index (Phi) is 4.03. The predicted molar refractivity (Wildman–Crippen MR) is 83.4 cm³/mol. The first-order chi connectivity index (χ1) is 9.79. The van der Waals surface area contributed by atoms with E-state index in [1.165, 1.54) is 5.56 Å². The molecular formula is C18H20O3. The minimum Gasteiger partial charge on any atom is -0.478 e. The van der Waals surface area contributed by atoms with Gasteiger partial charge in [-0.05, 0) is 41.7 Å². The summed E-state index contributed by atoms with van der Waals surface area (Å²) in [5, 5.41) is 9.24. The van der Waals surface area contributed by atoms with Gasteiger partial charge < -0.3 is 9.84 Å². The summed E-state index contributed by atoms with van der Waals surface area (Å²) in [7, 11) is 0. The summed E-state index contributed by atoms with van der Waals surface area (Å²) in [6.45, 7) is 8.28. The maximum absolute atomic E-state index is 11.3. The van der Waals surface area contributed by atoms with Crippen LogP contribution in [0.25, 0.3) is 0 Å². The van der Waals surface area contributed by atoms with Crippen molar-refractivity contribution >= 4 is 5.97 Å². The summed E-state index contributed by atoms with van der Waals surface area (Å²) in [5.41, 5.74) is 2.26. The molecule has 0 aliphatic rings. The summed E-state index contributed by atoms with van der Waals surface area (Å²) in [6.07, 6.45) is 0. The van der Waals surface area contributed by atoms with Crippen LogP contribution in [0.15, 0.2) is 42.5 Å². The molecule has 0 spiro atoms. The van der Waals surface area contributed by atoms with Crippen LogP contribution in [0.1, 0.15) is 42.3 Å². The minimum atomic E-state index is -0.986. The van der Waals surface area contributed by atoms with Gasteiger partial charge in [0.1, 0.15) is 17.1 Å². The van der Waals surface area contributed by atoms with Crippen molar-refractivity contribution in [1.29, 1.82) is 0 Å². The third-order valence-corrected chi connectivity index (χ3v) is 3.38. The van der Waals surface area contributed by atoms with Crippen molar-refractivity contribution in [2.45, 2.75) is 33.1 Å². The van der Waals surface area contributed by atoms with Gasteiger partial charge in [0.25, 0.3) is 0 Å². The number of carboxylic acid groups (broad SMARTS) is 1. The molecule has 2 rings (SSSR count). The van der Waals surface area contributed by atoms with E-state index in [9.17, 15) is 9.90 Å². The molecule has 0 bridgehead atoms. The molecular weight excluding hydrogens is 264 g/mol. The van der Waals surface area contributed by atoms with Crippen LogP contribution in [0.2, 0.25) is 0 Å². The number of aryl methyl sites for hydroxylation is 1. The molecule has 1 N–H and O–H groups in total. The monoisotopic (exact) mass is 284 g/mol. The number of carboxylic acids is 1. The maximum Gasteiger partial charge on any atom is 0.339 e. The average Bonchev–Trinajstić information content (AvgIpc) is 2.40. The second kappa shape index (κ2) is 5.60. The number of hydrogen-bond acceptors (Lipinski definition) is 2. The van der Waals surface area contributed by atoms with E-state index in [0.717, 1.165) is 5.56 Å². The first-order valence-corrected chi connectivity index (χ1v) is 6.90. The molecule has 0 heterocycles. The molecule has 21 heavy (non-hydrogen) atoms. The van der Waals surface area contributed by atoms with E-state index in [4.69, 9.17) is 4.74 Å². The smallest absolute Gasteiger partial charge is 0.339 e. The van der Waals surface area contributed by atoms with Crippen LogP contribution >= 0.6 is 0 Å². The molecule has 2 aromatic rings. The van der Waals surface area contributed by atoms with Crippen LogP contribution in [0, 0.1) is 6.92 Å². The second-order valence-electron chi connectivity index (χ2n) is 6.13. The first-order valence-electron chi connectivity index (χ1n) is 6.90. The zero-order valence-electron chi connectivity index (χ0n) is 12.8. The quantitative estimate of drug-likeness (QED) is 0.882. The molecule has 3 nitrogen and oxygen atoms in total. The van der Waals surface area contributed by atoms with E-state index in [0.29, 0.717) is 11.5 Å². The van der Waals surface area contributed by atoms with E-state index < -0.39 is 5.97 Å². The third-order valence-electron chi connectivity index (χ3n) is 3.38. The third kappa shape index (κ3) is 3.43. The lowest BCUT2D eigenvalue weighted by Gasteiger charge is -2.19. The van der Waals surface area contributed by atoms with Crippen molar-refractivity contribution in [2.75, 3.05) is 0 Å². The zero-order valence-corrected chi connectivity index (χ0v) is 12.8. The molecule has 0 aliphatic carbocycles. The van der Waals surface area contributed by atoms with Crippen molar-refractivity contribution in [3.8, 4) is 11.5 Å². The number of ether oxygens (including phenoxy) is 1. The number of aromatic carboxylic acids is 1. The summed E-state index contributed by atoms with van der Waals surface area (Å²) in [4.78, 5) is 11.3. The van der Waals surface area contributed by atoms with Crippen LogP contribution in [0.3, 0.4) is 0 Å². The maximum atomic E-state index is 11.3. The molecule has 0 saturated heterocycles.